The van der Waals surface area contributed by atoms with Gasteiger partial charge in [0.2, 0.25) is 10.0 Å². The number of benzene rings is 2. The summed E-state index contributed by atoms with van der Waals surface area (Å²) in [6, 6.07) is 10.2. The fraction of sp³-hybridized carbons (Fsp3) is 0.350. The van der Waals surface area contributed by atoms with E-state index in [0.717, 1.165) is 22.9 Å². The fourth-order valence-corrected chi connectivity index (χ4v) is 4.20. The van der Waals surface area contributed by atoms with E-state index in [1.54, 1.807) is 38.1 Å². The molecule has 0 fully saturated rings. The minimum absolute atomic E-state index is 0.0393. The number of para-hydroxylation sites is 2. The van der Waals surface area contributed by atoms with Gasteiger partial charge in [-0.15, -0.1) is 0 Å². The van der Waals surface area contributed by atoms with Gasteiger partial charge >= 0.3 is 0 Å². The second kappa shape index (κ2) is 9.66. The first-order chi connectivity index (χ1) is 13.3. The van der Waals surface area contributed by atoms with Crippen LogP contribution in [0.15, 0.2) is 47.4 Å². The Kier molecular flexibility index (Phi) is 7.53. The van der Waals surface area contributed by atoms with E-state index in [9.17, 15) is 17.6 Å². The van der Waals surface area contributed by atoms with E-state index in [-0.39, 0.29) is 18.7 Å². The standard InChI is InChI=1S/C20H25FN2O4S/c1-4-13-27-18-10-8-7-9-17(18)22-20(24)15-11-12-16(21)19(14-15)28(25,26)23(5-2)6-3/h7-12,14H,4-6,13H2,1-3H3,(H,22,24). The predicted octanol–water partition coefficient (Wildman–Crippen LogP) is 3.90. The molecule has 6 nitrogen and oxygen atoms in total. The van der Waals surface area contributed by atoms with E-state index in [2.05, 4.69) is 5.32 Å². The first-order valence-corrected chi connectivity index (χ1v) is 10.6. The van der Waals surface area contributed by atoms with Crippen molar-refractivity contribution in [2.45, 2.75) is 32.1 Å². The van der Waals surface area contributed by atoms with Crippen molar-refractivity contribution in [3.05, 3.63) is 53.8 Å². The molecule has 2 aromatic carbocycles. The molecule has 0 saturated carbocycles. The highest BCUT2D eigenvalue weighted by Crippen LogP contribution is 2.26. The fourth-order valence-electron chi connectivity index (χ4n) is 2.65. The average Bonchev–Trinajstić information content (AvgIpc) is 2.68. The largest absolute Gasteiger partial charge is 0.491 e. The SMILES string of the molecule is CCCOc1ccccc1NC(=O)c1ccc(F)c(S(=O)(=O)N(CC)CC)c1. The smallest absolute Gasteiger partial charge is 0.255 e. The lowest BCUT2D eigenvalue weighted by atomic mass is 10.2. The van der Waals surface area contributed by atoms with Gasteiger partial charge in [0.25, 0.3) is 5.91 Å². The monoisotopic (exact) mass is 408 g/mol. The highest BCUT2D eigenvalue weighted by Gasteiger charge is 2.26. The Morgan fingerprint density at radius 3 is 2.43 bits per heavy atom. The summed E-state index contributed by atoms with van der Waals surface area (Å²) in [6.07, 6.45) is 0.812. The summed E-state index contributed by atoms with van der Waals surface area (Å²) in [5.74, 6) is -0.936. The van der Waals surface area contributed by atoms with Gasteiger partial charge in [-0.05, 0) is 36.8 Å². The van der Waals surface area contributed by atoms with E-state index < -0.39 is 26.6 Å². The van der Waals surface area contributed by atoms with Crippen molar-refractivity contribution >= 4 is 21.6 Å². The van der Waals surface area contributed by atoms with Crippen LogP contribution >= 0.6 is 0 Å². The van der Waals surface area contributed by atoms with Crippen LogP contribution in [0.5, 0.6) is 5.75 Å². The second-order valence-electron chi connectivity index (χ2n) is 6.03. The van der Waals surface area contributed by atoms with Gasteiger partial charge in [-0.1, -0.05) is 32.9 Å². The predicted molar refractivity (Wildman–Crippen MR) is 107 cm³/mol. The van der Waals surface area contributed by atoms with Crippen LogP contribution in [0.25, 0.3) is 0 Å². The van der Waals surface area contributed by atoms with Gasteiger partial charge in [0.05, 0.1) is 12.3 Å². The molecule has 0 aromatic heterocycles. The molecule has 0 saturated heterocycles. The Bertz CT molecular complexity index is 928. The van der Waals surface area contributed by atoms with Gasteiger partial charge in [-0.3, -0.25) is 4.79 Å². The van der Waals surface area contributed by atoms with Crippen LogP contribution in [0.1, 0.15) is 37.6 Å². The van der Waals surface area contributed by atoms with Gasteiger partial charge in [0.15, 0.2) is 0 Å². The molecule has 0 bridgehead atoms. The minimum Gasteiger partial charge on any atom is -0.491 e. The minimum atomic E-state index is -4.03. The summed E-state index contributed by atoms with van der Waals surface area (Å²) in [5.41, 5.74) is 0.496. The summed E-state index contributed by atoms with van der Waals surface area (Å²) in [7, 11) is -4.03. The average molecular weight is 408 g/mol. The number of hydrogen-bond donors (Lipinski definition) is 1. The number of rotatable bonds is 9. The van der Waals surface area contributed by atoms with Crippen LogP contribution in [0.4, 0.5) is 10.1 Å². The summed E-state index contributed by atoms with van der Waals surface area (Å²) in [4.78, 5) is 12.1. The maximum absolute atomic E-state index is 14.2. The first kappa shape index (κ1) is 21.8. The van der Waals surface area contributed by atoms with Gasteiger partial charge in [-0.2, -0.15) is 4.31 Å². The third kappa shape index (κ3) is 4.88. The van der Waals surface area contributed by atoms with E-state index >= 15 is 0 Å². The van der Waals surface area contributed by atoms with Crippen molar-refractivity contribution < 1.29 is 22.3 Å². The highest BCUT2D eigenvalue weighted by molar-refractivity contribution is 7.89. The molecule has 1 amide bonds. The summed E-state index contributed by atoms with van der Waals surface area (Å²) in [6.45, 7) is 6.21. The first-order valence-electron chi connectivity index (χ1n) is 9.18. The zero-order valence-electron chi connectivity index (χ0n) is 16.2. The molecule has 152 valence electrons. The maximum atomic E-state index is 14.2. The molecule has 0 unspecified atom stereocenters. The van der Waals surface area contributed by atoms with Gasteiger partial charge in [0.1, 0.15) is 16.5 Å². The van der Waals surface area contributed by atoms with Gasteiger partial charge in [-0.25, -0.2) is 12.8 Å². The number of ether oxygens (including phenoxy) is 1. The third-order valence-electron chi connectivity index (χ3n) is 4.11. The molecule has 0 aliphatic carbocycles. The maximum Gasteiger partial charge on any atom is 0.255 e. The number of hydrogen-bond acceptors (Lipinski definition) is 4. The van der Waals surface area contributed by atoms with Crippen molar-refractivity contribution in [2.75, 3.05) is 25.0 Å². The van der Waals surface area contributed by atoms with Crippen LogP contribution in [0.3, 0.4) is 0 Å². The summed E-state index contributed by atoms with van der Waals surface area (Å²) >= 11 is 0. The Morgan fingerprint density at radius 2 is 1.79 bits per heavy atom. The molecule has 0 aliphatic rings. The second-order valence-corrected chi connectivity index (χ2v) is 7.94. The van der Waals surface area contributed by atoms with Gasteiger partial charge < -0.3 is 10.1 Å². The zero-order chi connectivity index (χ0) is 20.7. The van der Waals surface area contributed by atoms with Crippen LogP contribution in [0, 0.1) is 5.82 Å². The molecule has 0 aliphatic heterocycles. The van der Waals surface area contributed by atoms with Crippen molar-refractivity contribution in [3.8, 4) is 5.75 Å². The van der Waals surface area contributed by atoms with Crippen molar-refractivity contribution in [2.24, 2.45) is 0 Å². The lowest BCUT2D eigenvalue weighted by Crippen LogP contribution is -2.31. The summed E-state index contributed by atoms with van der Waals surface area (Å²) in [5, 5.41) is 2.70. The lowest BCUT2D eigenvalue weighted by molar-refractivity contribution is 0.102. The number of halogens is 1. The Hall–Kier alpha value is -2.45. The highest BCUT2D eigenvalue weighted by atomic mass is 32.2. The zero-order valence-corrected chi connectivity index (χ0v) is 17.1. The van der Waals surface area contributed by atoms with Crippen LogP contribution in [-0.4, -0.2) is 38.3 Å². The quantitative estimate of drug-likeness (QED) is 0.683. The van der Waals surface area contributed by atoms with E-state index in [1.165, 1.54) is 6.07 Å². The molecule has 8 heteroatoms. The van der Waals surface area contributed by atoms with Crippen molar-refractivity contribution in [3.63, 3.8) is 0 Å². The summed E-state index contributed by atoms with van der Waals surface area (Å²) < 4.78 is 46.3. The van der Waals surface area contributed by atoms with E-state index in [4.69, 9.17) is 4.74 Å². The Balaban J connectivity index is 2.34. The molecule has 0 atom stereocenters. The Morgan fingerprint density at radius 1 is 1.11 bits per heavy atom. The molecule has 0 radical (unpaired) electrons. The van der Waals surface area contributed by atoms with Crippen LogP contribution in [0.2, 0.25) is 0 Å². The lowest BCUT2D eigenvalue weighted by Gasteiger charge is -2.19. The van der Waals surface area contributed by atoms with Crippen LogP contribution in [-0.2, 0) is 10.0 Å². The van der Waals surface area contributed by atoms with Crippen LogP contribution < -0.4 is 10.1 Å². The van der Waals surface area contributed by atoms with E-state index in [1.807, 2.05) is 6.92 Å². The number of sulfonamides is 1. The molecular weight excluding hydrogens is 383 g/mol. The number of anilines is 1. The molecule has 2 aromatic rings. The topological polar surface area (TPSA) is 75.7 Å². The Labute approximate surface area is 165 Å². The number of carbonyl (C=O) groups excluding carboxylic acids is 1. The normalized spacial score (nSPS) is 11.5. The number of nitrogens with zero attached hydrogens (tertiary/aromatic N) is 1. The molecule has 28 heavy (non-hydrogen) atoms. The number of amides is 1. The third-order valence-corrected chi connectivity index (χ3v) is 6.18. The molecule has 0 spiro atoms. The molecule has 0 heterocycles. The molecular formula is C20H25FN2O4S. The van der Waals surface area contributed by atoms with Crippen molar-refractivity contribution in [1.29, 1.82) is 0 Å². The molecule has 1 N–H and O–H groups in total. The van der Waals surface area contributed by atoms with Crippen molar-refractivity contribution in [1.82, 2.24) is 4.31 Å². The van der Waals surface area contributed by atoms with Gasteiger partial charge in [0, 0.05) is 18.7 Å². The molecule has 2 rings (SSSR count). The number of carbonyl (C=O) groups is 1. The van der Waals surface area contributed by atoms with E-state index in [0.29, 0.717) is 18.0 Å². The number of nitrogens with one attached hydrogen (secondary N) is 1.